The number of amides is 1. The highest BCUT2D eigenvalue weighted by molar-refractivity contribution is 6.30. The summed E-state index contributed by atoms with van der Waals surface area (Å²) in [6.07, 6.45) is 8.79. The van der Waals surface area contributed by atoms with Crippen molar-refractivity contribution in [3.63, 3.8) is 0 Å². The molecule has 1 aromatic heterocycles. The summed E-state index contributed by atoms with van der Waals surface area (Å²) in [4.78, 5) is 16.7. The lowest BCUT2D eigenvalue weighted by Gasteiger charge is -2.20. The zero-order chi connectivity index (χ0) is 15.9. The number of hydrogen-bond acceptors (Lipinski definition) is 3. The molecular formula is C17H17ClN4O. The lowest BCUT2D eigenvalue weighted by molar-refractivity contribution is -0.122. The maximum atomic E-state index is 12.5. The van der Waals surface area contributed by atoms with Gasteiger partial charge in [0.05, 0.1) is 12.0 Å². The summed E-state index contributed by atoms with van der Waals surface area (Å²) < 4.78 is 1.71. The quantitative estimate of drug-likeness (QED) is 0.876. The third kappa shape index (κ3) is 2.77. The Bertz CT molecular complexity index is 767. The molecule has 2 atom stereocenters. The first-order chi connectivity index (χ1) is 11.1. The minimum absolute atomic E-state index is 0.0120. The molecule has 0 saturated heterocycles. The Morgan fingerprint density at radius 2 is 2.22 bits per heavy atom. The van der Waals surface area contributed by atoms with Crippen LogP contribution in [0.25, 0.3) is 0 Å². The van der Waals surface area contributed by atoms with Crippen molar-refractivity contribution in [2.24, 2.45) is 11.3 Å². The number of hydrogen-bond donors (Lipinski definition) is 1. The molecule has 1 aromatic carbocycles. The number of benzene rings is 1. The number of nitrogens with zero attached hydrogens (tertiary/aromatic N) is 3. The highest BCUT2D eigenvalue weighted by Gasteiger charge is 2.46. The van der Waals surface area contributed by atoms with Gasteiger partial charge in [-0.3, -0.25) is 10.1 Å². The van der Waals surface area contributed by atoms with Crippen LogP contribution in [-0.4, -0.2) is 20.7 Å². The van der Waals surface area contributed by atoms with Crippen molar-refractivity contribution in [3.05, 3.63) is 53.3 Å². The molecule has 2 aliphatic rings. The second kappa shape index (κ2) is 5.49. The van der Waals surface area contributed by atoms with Crippen LogP contribution in [0.15, 0.2) is 42.7 Å². The van der Waals surface area contributed by atoms with Gasteiger partial charge in [0.15, 0.2) is 0 Å². The Balaban J connectivity index is 1.43. The second-order valence-corrected chi connectivity index (χ2v) is 6.80. The number of allylic oxidation sites excluding steroid dienone is 1. The molecule has 2 unspecified atom stereocenters. The molecule has 1 fully saturated rings. The van der Waals surface area contributed by atoms with Gasteiger partial charge in [-0.25, -0.2) is 9.67 Å². The smallest absolute Gasteiger partial charge is 0.248 e. The molecule has 0 radical (unpaired) electrons. The van der Waals surface area contributed by atoms with Crippen molar-refractivity contribution in [1.29, 1.82) is 0 Å². The van der Waals surface area contributed by atoms with Gasteiger partial charge in [-0.15, -0.1) is 5.10 Å². The predicted molar refractivity (Wildman–Crippen MR) is 88.1 cm³/mol. The van der Waals surface area contributed by atoms with E-state index in [1.165, 1.54) is 0 Å². The van der Waals surface area contributed by atoms with Crippen LogP contribution >= 0.6 is 11.6 Å². The van der Waals surface area contributed by atoms with Gasteiger partial charge < -0.3 is 0 Å². The fraction of sp³-hybridized carbons (Fsp3) is 0.353. The molecule has 1 heterocycles. The third-order valence-corrected chi connectivity index (χ3v) is 5.00. The number of rotatable bonds is 4. The van der Waals surface area contributed by atoms with Crippen molar-refractivity contribution in [2.75, 3.05) is 5.32 Å². The molecule has 0 aliphatic heterocycles. The van der Waals surface area contributed by atoms with Gasteiger partial charge >= 0.3 is 0 Å². The molecule has 2 bridgehead atoms. The molecule has 1 amide bonds. The maximum absolute atomic E-state index is 12.5. The molecule has 1 N–H and O–H groups in total. The normalized spacial score (nSPS) is 25.0. The van der Waals surface area contributed by atoms with Gasteiger partial charge in [-0.1, -0.05) is 35.9 Å². The highest BCUT2D eigenvalue weighted by Crippen LogP contribution is 2.49. The van der Waals surface area contributed by atoms with Gasteiger partial charge in [0.2, 0.25) is 11.9 Å². The van der Waals surface area contributed by atoms with Crippen molar-refractivity contribution in [3.8, 4) is 0 Å². The Morgan fingerprint density at radius 1 is 1.39 bits per heavy atom. The standard InChI is InChI=1S/C17H17ClN4O/c18-14-3-1-13(2-4-14)10-22-11-19-16(21-22)20-15(23)17-7-5-12(9-17)6-8-17/h1-5,7,11-12H,6,8-10H2,(H,20,21,23). The topological polar surface area (TPSA) is 59.8 Å². The first-order valence-electron chi connectivity index (χ1n) is 7.78. The van der Waals surface area contributed by atoms with Crippen LogP contribution in [0, 0.1) is 11.3 Å². The van der Waals surface area contributed by atoms with E-state index in [0.717, 1.165) is 24.8 Å². The molecular weight excluding hydrogens is 312 g/mol. The molecule has 5 nitrogen and oxygen atoms in total. The van der Waals surface area contributed by atoms with E-state index in [9.17, 15) is 4.79 Å². The van der Waals surface area contributed by atoms with E-state index in [4.69, 9.17) is 11.6 Å². The van der Waals surface area contributed by atoms with E-state index < -0.39 is 0 Å². The first kappa shape index (κ1) is 14.5. The van der Waals surface area contributed by atoms with Crippen LogP contribution in [0.4, 0.5) is 5.95 Å². The van der Waals surface area contributed by atoms with Crippen LogP contribution in [0.3, 0.4) is 0 Å². The van der Waals surface area contributed by atoms with E-state index in [1.54, 1.807) is 11.0 Å². The summed E-state index contributed by atoms with van der Waals surface area (Å²) in [6, 6.07) is 7.59. The first-order valence-corrected chi connectivity index (χ1v) is 8.15. The average Bonchev–Trinajstić information content (AvgIpc) is 3.26. The van der Waals surface area contributed by atoms with Gasteiger partial charge in [0, 0.05) is 5.02 Å². The molecule has 6 heteroatoms. The monoisotopic (exact) mass is 328 g/mol. The van der Waals surface area contributed by atoms with Crippen molar-refractivity contribution in [2.45, 2.75) is 25.8 Å². The highest BCUT2D eigenvalue weighted by atomic mass is 35.5. The zero-order valence-electron chi connectivity index (χ0n) is 12.6. The second-order valence-electron chi connectivity index (χ2n) is 6.36. The molecule has 118 valence electrons. The number of halogens is 1. The van der Waals surface area contributed by atoms with Crippen LogP contribution in [0.2, 0.25) is 5.02 Å². The Kier molecular flexibility index (Phi) is 3.45. The third-order valence-electron chi connectivity index (χ3n) is 4.75. The van der Waals surface area contributed by atoms with Crippen molar-refractivity contribution < 1.29 is 4.79 Å². The fourth-order valence-corrected chi connectivity index (χ4v) is 3.59. The summed E-state index contributed by atoms with van der Waals surface area (Å²) in [5, 5.41) is 7.91. The number of aromatic nitrogens is 3. The van der Waals surface area contributed by atoms with Gasteiger partial charge in [0.1, 0.15) is 6.33 Å². The number of nitrogens with one attached hydrogen (secondary N) is 1. The molecule has 0 spiro atoms. The summed E-state index contributed by atoms with van der Waals surface area (Å²) in [5.74, 6) is 0.941. The maximum Gasteiger partial charge on any atom is 0.248 e. The molecule has 2 aromatic rings. The van der Waals surface area contributed by atoms with Crippen molar-refractivity contribution >= 4 is 23.5 Å². The fourth-order valence-electron chi connectivity index (χ4n) is 3.46. The molecule has 2 aliphatic carbocycles. The largest absolute Gasteiger partial charge is 0.292 e. The van der Waals surface area contributed by atoms with Crippen molar-refractivity contribution in [1.82, 2.24) is 14.8 Å². The van der Waals surface area contributed by atoms with Crippen LogP contribution in [0.5, 0.6) is 0 Å². The van der Waals surface area contributed by atoms with Gasteiger partial charge in [-0.05, 0) is 42.9 Å². The minimum atomic E-state index is -0.341. The van der Waals surface area contributed by atoms with Crippen LogP contribution in [-0.2, 0) is 11.3 Å². The van der Waals surface area contributed by atoms with E-state index in [1.807, 2.05) is 24.3 Å². The SMILES string of the molecule is O=C(Nc1ncn(Cc2ccc(Cl)cc2)n1)C12C=CC(CC1)C2. The Labute approximate surface area is 139 Å². The Hall–Kier alpha value is -2.14. The predicted octanol–water partition coefficient (Wildman–Crippen LogP) is 3.27. The van der Waals surface area contributed by atoms with Gasteiger partial charge in [-0.2, -0.15) is 0 Å². The van der Waals surface area contributed by atoms with E-state index in [2.05, 4.69) is 27.6 Å². The van der Waals surface area contributed by atoms with Gasteiger partial charge in [0.25, 0.3) is 0 Å². The number of carbonyl (C=O) groups excluding carboxylic acids is 1. The summed E-state index contributed by atoms with van der Waals surface area (Å²) >= 11 is 5.88. The molecule has 4 rings (SSSR count). The number of carbonyl (C=O) groups is 1. The lowest BCUT2D eigenvalue weighted by atomic mass is 9.87. The van der Waals surface area contributed by atoms with Crippen LogP contribution < -0.4 is 5.32 Å². The lowest BCUT2D eigenvalue weighted by Crippen LogP contribution is -2.31. The minimum Gasteiger partial charge on any atom is -0.292 e. The van der Waals surface area contributed by atoms with E-state index in [-0.39, 0.29) is 11.3 Å². The van der Waals surface area contributed by atoms with E-state index in [0.29, 0.717) is 23.4 Å². The Morgan fingerprint density at radius 3 is 2.87 bits per heavy atom. The van der Waals surface area contributed by atoms with Crippen LogP contribution in [0.1, 0.15) is 24.8 Å². The summed E-state index contributed by atoms with van der Waals surface area (Å²) in [5.41, 5.74) is 0.736. The van der Waals surface area contributed by atoms with E-state index >= 15 is 0 Å². The molecule has 23 heavy (non-hydrogen) atoms. The zero-order valence-corrected chi connectivity index (χ0v) is 13.3. The number of fused-ring (bicyclic) bond motifs is 2. The summed E-state index contributed by atoms with van der Waals surface area (Å²) in [6.45, 7) is 0.590. The summed E-state index contributed by atoms with van der Waals surface area (Å²) in [7, 11) is 0. The molecule has 1 saturated carbocycles. The average molecular weight is 329 g/mol. The number of anilines is 1.